The summed E-state index contributed by atoms with van der Waals surface area (Å²) in [7, 11) is 8.51. The Morgan fingerprint density at radius 2 is 1.35 bits per heavy atom. The molecule has 0 amide bonds. The van der Waals surface area contributed by atoms with Crippen LogP contribution in [0.2, 0.25) is 0 Å². The second kappa shape index (κ2) is 18.4. The lowest BCUT2D eigenvalue weighted by molar-refractivity contribution is -0.873. The number of likely N-dealkylation sites (N-methyl/N-ethyl adjacent to an activating group) is 1. The van der Waals surface area contributed by atoms with Crippen LogP contribution in [0.25, 0.3) is 0 Å². The van der Waals surface area contributed by atoms with Gasteiger partial charge in [0.05, 0.1) is 35.4 Å². The predicted molar refractivity (Wildman–Crippen MR) is 151 cm³/mol. The minimum absolute atomic E-state index is 0.00586. The Morgan fingerprint density at radius 1 is 0.825 bits per heavy atom. The molecule has 0 aromatic heterocycles. The Kier molecular flexibility index (Phi) is 16.2. The van der Waals surface area contributed by atoms with Gasteiger partial charge in [0.25, 0.3) is 0 Å². The van der Waals surface area contributed by atoms with Crippen molar-refractivity contribution in [2.45, 2.75) is 96.5 Å². The summed E-state index contributed by atoms with van der Waals surface area (Å²) in [5.41, 5.74) is 0.968. The lowest BCUT2D eigenvalue weighted by atomic mass is 9.89. The lowest BCUT2D eigenvalue weighted by Crippen LogP contribution is -2.45. The molecule has 0 N–H and O–H groups in total. The molecule has 40 heavy (non-hydrogen) atoms. The van der Waals surface area contributed by atoms with Crippen LogP contribution in [0.1, 0.15) is 90.4 Å². The van der Waals surface area contributed by atoms with Crippen LogP contribution >= 0.6 is 0 Å². The molecule has 1 atom stereocenters. The molecule has 0 fully saturated rings. The number of ketones is 2. The first-order valence-corrected chi connectivity index (χ1v) is 14.4. The van der Waals surface area contributed by atoms with Crippen molar-refractivity contribution in [1.82, 2.24) is 0 Å². The van der Waals surface area contributed by atoms with Gasteiger partial charge in [-0.2, -0.15) is 0 Å². The number of carboxylic acid groups (broad SMARTS) is 1. The van der Waals surface area contributed by atoms with Crippen molar-refractivity contribution in [3.63, 3.8) is 0 Å². The zero-order chi connectivity index (χ0) is 30.1. The first-order valence-electron chi connectivity index (χ1n) is 14.4. The number of esters is 1. The second-order valence-electron chi connectivity index (χ2n) is 11.4. The van der Waals surface area contributed by atoms with Gasteiger partial charge in [0, 0.05) is 30.0 Å². The van der Waals surface area contributed by atoms with Gasteiger partial charge in [0.2, 0.25) is 23.1 Å². The Hall–Kier alpha value is -2.94. The highest BCUT2D eigenvalue weighted by atomic mass is 16.5. The van der Waals surface area contributed by atoms with E-state index in [4.69, 9.17) is 14.2 Å². The Morgan fingerprint density at radius 3 is 1.90 bits per heavy atom. The summed E-state index contributed by atoms with van der Waals surface area (Å²) in [5.74, 6) is -2.11. The molecule has 0 aliphatic heterocycles. The number of rotatable bonds is 21. The maximum atomic E-state index is 12.6. The Bertz CT molecular complexity index is 955. The standard InChI is InChI=1S/C31H49NO8/c1-23-25(29(37)31(39-6)30(38-5)28(23)36)19-17-15-13-11-9-7-8-10-12-14-16-18-20-27(35)40-24(21-26(33)34)22-32(2,3)4/h7,9,24H,8,10-22H2,1-6H3. The molecule has 1 aliphatic rings. The molecule has 226 valence electrons. The molecule has 0 saturated heterocycles. The molecule has 0 aromatic carbocycles. The van der Waals surface area contributed by atoms with Crippen molar-refractivity contribution >= 4 is 23.5 Å². The molecule has 1 unspecified atom stereocenters. The number of carbonyl (C=O) groups excluding carboxylic acids is 4. The molecule has 9 heteroatoms. The van der Waals surface area contributed by atoms with E-state index in [-0.39, 0.29) is 35.5 Å². The Balaban J connectivity index is 2.13. The van der Waals surface area contributed by atoms with Crippen LogP contribution in [0, 0.1) is 0 Å². The number of carboxylic acids is 1. The van der Waals surface area contributed by atoms with Crippen molar-refractivity contribution < 1.29 is 43.0 Å². The van der Waals surface area contributed by atoms with Gasteiger partial charge in [-0.15, -0.1) is 0 Å². The molecule has 1 rings (SSSR count). The van der Waals surface area contributed by atoms with Gasteiger partial charge >= 0.3 is 5.97 Å². The molecule has 0 saturated carbocycles. The molecule has 0 heterocycles. The zero-order valence-electron chi connectivity index (χ0n) is 25.3. The van der Waals surface area contributed by atoms with Crippen LogP contribution in [0.15, 0.2) is 34.8 Å². The smallest absolute Gasteiger partial charge is 0.306 e. The number of carbonyl (C=O) groups is 4. The van der Waals surface area contributed by atoms with Crippen molar-refractivity contribution in [3.05, 3.63) is 34.8 Å². The van der Waals surface area contributed by atoms with Crippen molar-refractivity contribution in [1.29, 1.82) is 0 Å². The van der Waals surface area contributed by atoms with Crippen molar-refractivity contribution in [2.24, 2.45) is 0 Å². The zero-order valence-corrected chi connectivity index (χ0v) is 25.3. The molecule has 9 nitrogen and oxygen atoms in total. The van der Waals surface area contributed by atoms with E-state index in [1.807, 2.05) is 21.1 Å². The number of ether oxygens (including phenoxy) is 3. The van der Waals surface area contributed by atoms with Crippen LogP contribution in [0.4, 0.5) is 0 Å². The third kappa shape index (κ3) is 13.4. The number of hydrogen-bond acceptors (Lipinski definition) is 8. The SMILES string of the molecule is COC1=C(OC)C(=O)C(CCCCCC=CCCCCCCCC(=O)OC(CC(=O)[O-])C[N+](C)(C)C)=C(C)C1=O. The van der Waals surface area contributed by atoms with E-state index in [0.29, 0.717) is 35.0 Å². The maximum absolute atomic E-state index is 12.6. The monoisotopic (exact) mass is 563 g/mol. The summed E-state index contributed by atoms with van der Waals surface area (Å²) >= 11 is 0. The van der Waals surface area contributed by atoms with E-state index in [1.54, 1.807) is 6.92 Å². The maximum Gasteiger partial charge on any atom is 0.306 e. The van der Waals surface area contributed by atoms with Crippen molar-refractivity contribution in [2.75, 3.05) is 41.9 Å². The van der Waals surface area contributed by atoms with Crippen LogP contribution in [-0.2, 0) is 33.4 Å². The minimum Gasteiger partial charge on any atom is -0.550 e. The third-order valence-corrected chi connectivity index (χ3v) is 6.75. The number of methoxy groups -OCH3 is 2. The van der Waals surface area contributed by atoms with Gasteiger partial charge in [-0.05, 0) is 51.9 Å². The van der Waals surface area contributed by atoms with Gasteiger partial charge in [0.1, 0.15) is 6.54 Å². The van der Waals surface area contributed by atoms with E-state index in [2.05, 4.69) is 12.2 Å². The second-order valence-corrected chi connectivity index (χ2v) is 11.4. The summed E-state index contributed by atoms with van der Waals surface area (Å²) in [4.78, 5) is 48.1. The van der Waals surface area contributed by atoms with Crippen LogP contribution < -0.4 is 5.11 Å². The lowest BCUT2D eigenvalue weighted by Gasteiger charge is -2.29. The van der Waals surface area contributed by atoms with Gasteiger partial charge in [0.15, 0.2) is 6.10 Å². The number of allylic oxidation sites excluding steroid dienone is 4. The summed E-state index contributed by atoms with van der Waals surface area (Å²) in [5, 5.41) is 10.9. The van der Waals surface area contributed by atoms with Crippen LogP contribution in [-0.4, -0.2) is 76.0 Å². The average molecular weight is 564 g/mol. The highest BCUT2D eigenvalue weighted by molar-refractivity contribution is 6.23. The summed E-state index contributed by atoms with van der Waals surface area (Å²) in [6.07, 6.45) is 14.1. The molecular weight excluding hydrogens is 514 g/mol. The minimum atomic E-state index is -1.21. The number of unbranched alkanes of at least 4 members (excludes halogenated alkanes) is 8. The fourth-order valence-electron chi connectivity index (χ4n) is 4.72. The summed E-state index contributed by atoms with van der Waals surface area (Å²) < 4.78 is 16.1. The van der Waals surface area contributed by atoms with Gasteiger partial charge in [-0.1, -0.05) is 37.8 Å². The normalized spacial score (nSPS) is 15.2. The number of hydrogen-bond donors (Lipinski definition) is 0. The topological polar surface area (TPSA) is 119 Å². The molecular formula is C31H49NO8. The molecule has 0 spiro atoms. The van der Waals surface area contributed by atoms with E-state index >= 15 is 0 Å². The number of nitrogens with zero attached hydrogens (tertiary/aromatic N) is 1. The number of Topliss-reactive ketones (excluding diaryl/α,β-unsaturated/α-hetero) is 2. The molecule has 1 aliphatic carbocycles. The summed E-state index contributed by atoms with van der Waals surface area (Å²) in [6, 6.07) is 0. The van der Waals surface area contributed by atoms with E-state index in [0.717, 1.165) is 64.2 Å². The highest BCUT2D eigenvalue weighted by Crippen LogP contribution is 2.28. The van der Waals surface area contributed by atoms with Gasteiger partial charge in [-0.3, -0.25) is 14.4 Å². The number of quaternary nitrogens is 1. The molecule has 0 aromatic rings. The fourth-order valence-corrected chi connectivity index (χ4v) is 4.72. The Labute approximate surface area is 239 Å². The number of aliphatic carboxylic acids is 1. The third-order valence-electron chi connectivity index (χ3n) is 6.75. The first kappa shape index (κ1) is 35.1. The van der Waals surface area contributed by atoms with Crippen LogP contribution in [0.3, 0.4) is 0 Å². The van der Waals surface area contributed by atoms with Gasteiger partial charge < -0.3 is 28.6 Å². The first-order chi connectivity index (χ1) is 18.9. The average Bonchev–Trinajstić information content (AvgIpc) is 2.86. The quantitative estimate of drug-likeness (QED) is 0.0677. The highest BCUT2D eigenvalue weighted by Gasteiger charge is 2.34. The molecule has 0 bridgehead atoms. The van der Waals surface area contributed by atoms with E-state index in [1.165, 1.54) is 14.2 Å². The van der Waals surface area contributed by atoms with Crippen molar-refractivity contribution in [3.8, 4) is 0 Å². The van der Waals surface area contributed by atoms with E-state index in [9.17, 15) is 24.3 Å². The fraction of sp³-hybridized carbons (Fsp3) is 0.677. The van der Waals surface area contributed by atoms with Crippen LogP contribution in [0.5, 0.6) is 0 Å². The van der Waals surface area contributed by atoms with E-state index < -0.39 is 12.1 Å². The van der Waals surface area contributed by atoms with Gasteiger partial charge in [-0.25, -0.2) is 0 Å². The largest absolute Gasteiger partial charge is 0.550 e. The molecule has 0 radical (unpaired) electrons. The predicted octanol–water partition coefficient (Wildman–Crippen LogP) is 3.95. The summed E-state index contributed by atoms with van der Waals surface area (Å²) in [6.45, 7) is 2.10.